The lowest BCUT2D eigenvalue weighted by molar-refractivity contribution is -0.129. The standard InChI is InChI=1S/C24H29N3O3/c1-17-7-6-9-20(25-17)23(29)27-13-11-24(12-14-27)16-18(15-22(28)26(2)3)19-8-4-5-10-21(19)30-24/h4-10,18H,11-16H2,1-3H3/t18-/m1/s1. The van der Waals surface area contributed by atoms with Crippen molar-refractivity contribution in [2.24, 2.45) is 0 Å². The second-order valence-corrected chi connectivity index (χ2v) is 8.67. The van der Waals surface area contributed by atoms with Gasteiger partial charge in [-0.15, -0.1) is 0 Å². The molecule has 1 saturated heterocycles. The molecule has 30 heavy (non-hydrogen) atoms. The normalized spacial score (nSPS) is 19.7. The second kappa shape index (κ2) is 8.09. The fraction of sp³-hybridized carbons (Fsp3) is 0.458. The van der Waals surface area contributed by atoms with E-state index in [-0.39, 0.29) is 23.3 Å². The van der Waals surface area contributed by atoms with Crippen LogP contribution in [0.15, 0.2) is 42.5 Å². The predicted octanol–water partition coefficient (Wildman–Crippen LogP) is 3.41. The number of aromatic nitrogens is 1. The number of para-hydroxylation sites is 1. The molecule has 2 aliphatic heterocycles. The van der Waals surface area contributed by atoms with E-state index in [2.05, 4.69) is 11.1 Å². The molecule has 2 aromatic rings. The van der Waals surface area contributed by atoms with Gasteiger partial charge >= 0.3 is 0 Å². The maximum absolute atomic E-state index is 12.9. The fourth-order valence-electron chi connectivity index (χ4n) is 4.57. The first-order chi connectivity index (χ1) is 14.4. The van der Waals surface area contributed by atoms with Crippen LogP contribution in [0.25, 0.3) is 0 Å². The Morgan fingerprint density at radius 2 is 1.87 bits per heavy atom. The van der Waals surface area contributed by atoms with Crippen LogP contribution in [0.1, 0.15) is 53.3 Å². The Kier molecular flexibility index (Phi) is 5.50. The number of carbonyl (C=O) groups excluding carboxylic acids is 2. The van der Waals surface area contributed by atoms with Crippen molar-refractivity contribution in [3.05, 3.63) is 59.4 Å². The molecule has 3 heterocycles. The maximum atomic E-state index is 12.9. The SMILES string of the molecule is Cc1cccc(C(=O)N2CCC3(CC2)C[C@@H](CC(=O)N(C)C)c2ccccc2O3)n1. The van der Waals surface area contributed by atoms with Crippen molar-refractivity contribution in [1.29, 1.82) is 0 Å². The molecular weight excluding hydrogens is 378 g/mol. The molecule has 1 atom stereocenters. The molecule has 2 amide bonds. The number of piperidine rings is 1. The molecule has 0 bridgehead atoms. The molecule has 4 rings (SSSR count). The highest BCUT2D eigenvalue weighted by atomic mass is 16.5. The summed E-state index contributed by atoms with van der Waals surface area (Å²) in [5.74, 6) is 1.11. The van der Waals surface area contributed by atoms with Crippen molar-refractivity contribution in [2.75, 3.05) is 27.2 Å². The highest BCUT2D eigenvalue weighted by Gasteiger charge is 2.44. The van der Waals surface area contributed by atoms with Gasteiger partial charge in [0.05, 0.1) is 0 Å². The minimum Gasteiger partial charge on any atom is -0.487 e. The van der Waals surface area contributed by atoms with Gasteiger partial charge in [0.25, 0.3) is 5.91 Å². The molecule has 1 aromatic heterocycles. The molecule has 1 fully saturated rings. The number of fused-ring (bicyclic) bond motifs is 1. The van der Waals surface area contributed by atoms with Crippen LogP contribution in [0.3, 0.4) is 0 Å². The Hall–Kier alpha value is -2.89. The molecule has 2 aliphatic rings. The highest BCUT2D eigenvalue weighted by Crippen LogP contribution is 2.46. The van der Waals surface area contributed by atoms with Gasteiger partial charge in [0.1, 0.15) is 17.0 Å². The second-order valence-electron chi connectivity index (χ2n) is 8.67. The van der Waals surface area contributed by atoms with Gasteiger partial charge in [-0.05, 0) is 37.1 Å². The van der Waals surface area contributed by atoms with Crippen molar-refractivity contribution in [1.82, 2.24) is 14.8 Å². The lowest BCUT2D eigenvalue weighted by Gasteiger charge is -2.47. The summed E-state index contributed by atoms with van der Waals surface area (Å²) in [7, 11) is 3.60. The summed E-state index contributed by atoms with van der Waals surface area (Å²) in [6.07, 6.45) is 2.79. The number of rotatable bonds is 3. The highest BCUT2D eigenvalue weighted by molar-refractivity contribution is 5.92. The Morgan fingerprint density at radius 1 is 1.13 bits per heavy atom. The van der Waals surface area contributed by atoms with Crippen LogP contribution < -0.4 is 4.74 Å². The zero-order valence-electron chi connectivity index (χ0n) is 17.9. The van der Waals surface area contributed by atoms with Crippen LogP contribution in [0, 0.1) is 6.92 Å². The van der Waals surface area contributed by atoms with Crippen molar-refractivity contribution >= 4 is 11.8 Å². The van der Waals surface area contributed by atoms with Crippen molar-refractivity contribution in [3.8, 4) is 5.75 Å². The van der Waals surface area contributed by atoms with Crippen molar-refractivity contribution in [3.63, 3.8) is 0 Å². The van der Waals surface area contributed by atoms with Crippen LogP contribution in [0.2, 0.25) is 0 Å². The quantitative estimate of drug-likeness (QED) is 0.782. The average Bonchev–Trinajstić information content (AvgIpc) is 2.73. The van der Waals surface area contributed by atoms with Crippen molar-refractivity contribution in [2.45, 2.75) is 44.1 Å². The first-order valence-electron chi connectivity index (χ1n) is 10.6. The number of pyridine rings is 1. The number of hydrogen-bond acceptors (Lipinski definition) is 4. The summed E-state index contributed by atoms with van der Waals surface area (Å²) in [6, 6.07) is 13.6. The van der Waals surface area contributed by atoms with E-state index in [0.29, 0.717) is 25.2 Å². The molecule has 6 heteroatoms. The van der Waals surface area contributed by atoms with Gasteiger partial charge in [-0.1, -0.05) is 24.3 Å². The molecule has 0 N–H and O–H groups in total. The summed E-state index contributed by atoms with van der Waals surface area (Å²) in [4.78, 5) is 33.2. The summed E-state index contributed by atoms with van der Waals surface area (Å²) in [5.41, 5.74) is 2.12. The molecule has 158 valence electrons. The lowest BCUT2D eigenvalue weighted by atomic mass is 9.76. The number of ether oxygens (including phenoxy) is 1. The van der Waals surface area contributed by atoms with E-state index in [9.17, 15) is 9.59 Å². The average molecular weight is 408 g/mol. The number of amides is 2. The minimum atomic E-state index is -0.331. The third kappa shape index (κ3) is 4.04. The molecule has 0 radical (unpaired) electrons. The Labute approximate surface area is 177 Å². The smallest absolute Gasteiger partial charge is 0.272 e. The van der Waals surface area contributed by atoms with Gasteiger partial charge in [0.2, 0.25) is 5.91 Å². The van der Waals surface area contributed by atoms with Gasteiger partial charge in [0, 0.05) is 58.1 Å². The number of carbonyl (C=O) groups is 2. The number of benzene rings is 1. The van der Waals surface area contributed by atoms with Gasteiger partial charge in [-0.2, -0.15) is 0 Å². The minimum absolute atomic E-state index is 0.0240. The van der Waals surface area contributed by atoms with E-state index < -0.39 is 0 Å². The van der Waals surface area contributed by atoms with E-state index in [1.165, 1.54) is 0 Å². The Morgan fingerprint density at radius 3 is 2.57 bits per heavy atom. The first kappa shape index (κ1) is 20.4. The number of nitrogens with zero attached hydrogens (tertiary/aromatic N) is 3. The van der Waals surface area contributed by atoms with Crippen LogP contribution >= 0.6 is 0 Å². The van der Waals surface area contributed by atoms with Gasteiger partial charge < -0.3 is 14.5 Å². The Bertz CT molecular complexity index is 948. The van der Waals surface area contributed by atoms with Crippen LogP contribution in [0.4, 0.5) is 0 Å². The van der Waals surface area contributed by atoms with Gasteiger partial charge in [-0.25, -0.2) is 4.98 Å². The molecular formula is C24H29N3O3. The Balaban J connectivity index is 1.50. The van der Waals surface area contributed by atoms with Crippen LogP contribution in [0.5, 0.6) is 5.75 Å². The van der Waals surface area contributed by atoms with Gasteiger partial charge in [-0.3, -0.25) is 9.59 Å². The molecule has 0 unspecified atom stereocenters. The first-order valence-corrected chi connectivity index (χ1v) is 10.6. The van der Waals surface area contributed by atoms with Gasteiger partial charge in [0.15, 0.2) is 0 Å². The summed E-state index contributed by atoms with van der Waals surface area (Å²) in [6.45, 7) is 3.15. The number of aryl methyl sites for hydroxylation is 1. The molecule has 0 aliphatic carbocycles. The topological polar surface area (TPSA) is 62.7 Å². The van der Waals surface area contributed by atoms with E-state index >= 15 is 0 Å². The van der Waals surface area contributed by atoms with E-state index in [1.807, 2.05) is 42.2 Å². The molecule has 1 spiro atoms. The number of hydrogen-bond donors (Lipinski definition) is 0. The maximum Gasteiger partial charge on any atom is 0.272 e. The summed E-state index contributed by atoms with van der Waals surface area (Å²) in [5, 5.41) is 0. The van der Waals surface area contributed by atoms with E-state index in [1.54, 1.807) is 25.1 Å². The predicted molar refractivity (Wildman–Crippen MR) is 115 cm³/mol. The third-order valence-corrected chi connectivity index (χ3v) is 6.29. The van der Waals surface area contributed by atoms with Crippen LogP contribution in [-0.2, 0) is 4.79 Å². The largest absolute Gasteiger partial charge is 0.487 e. The van der Waals surface area contributed by atoms with Crippen LogP contribution in [-0.4, -0.2) is 59.4 Å². The summed E-state index contributed by atoms with van der Waals surface area (Å²) < 4.78 is 6.51. The fourth-order valence-corrected chi connectivity index (χ4v) is 4.57. The molecule has 6 nitrogen and oxygen atoms in total. The molecule has 0 saturated carbocycles. The third-order valence-electron chi connectivity index (χ3n) is 6.29. The molecule has 1 aromatic carbocycles. The lowest BCUT2D eigenvalue weighted by Crippen LogP contribution is -2.52. The van der Waals surface area contributed by atoms with Crippen molar-refractivity contribution < 1.29 is 14.3 Å². The summed E-state index contributed by atoms with van der Waals surface area (Å²) >= 11 is 0. The zero-order valence-corrected chi connectivity index (χ0v) is 17.9. The van der Waals surface area contributed by atoms with E-state index in [4.69, 9.17) is 4.74 Å². The monoisotopic (exact) mass is 407 g/mol. The zero-order chi connectivity index (χ0) is 21.3. The number of likely N-dealkylation sites (tertiary alicyclic amines) is 1. The van der Waals surface area contributed by atoms with E-state index in [0.717, 1.165) is 36.3 Å².